The van der Waals surface area contributed by atoms with Crippen LogP contribution >= 0.6 is 0 Å². The highest BCUT2D eigenvalue weighted by molar-refractivity contribution is 5.71. The molecule has 0 bridgehead atoms. The molecule has 15 heavy (non-hydrogen) atoms. The molecule has 0 saturated heterocycles. The second-order valence-electron chi connectivity index (χ2n) is 4.23. The van der Waals surface area contributed by atoms with Crippen molar-refractivity contribution in [2.45, 2.75) is 19.9 Å². The number of rotatable bonds is 1. The fraction of sp³-hybridized carbons (Fsp3) is 0.333. The fourth-order valence-electron chi connectivity index (χ4n) is 2.11. The van der Waals surface area contributed by atoms with E-state index in [0.717, 1.165) is 11.3 Å². The lowest BCUT2D eigenvalue weighted by Gasteiger charge is -2.34. The van der Waals surface area contributed by atoms with Crippen LogP contribution in [-0.4, -0.2) is 13.1 Å². The first-order valence-electron chi connectivity index (χ1n) is 5.08. The van der Waals surface area contributed by atoms with Crippen LogP contribution in [0.2, 0.25) is 0 Å². The van der Waals surface area contributed by atoms with Gasteiger partial charge in [0.05, 0.1) is 0 Å². The quantitative estimate of drug-likeness (QED) is 0.509. The monoisotopic (exact) mass is 203 g/mol. The Morgan fingerprint density at radius 3 is 2.67 bits per heavy atom. The molecule has 0 radical (unpaired) electrons. The molecule has 1 heterocycles. The van der Waals surface area contributed by atoms with Crippen molar-refractivity contribution in [3.05, 3.63) is 40.3 Å². The molecule has 0 spiro atoms. The molecule has 0 aliphatic carbocycles. The Balaban J connectivity index is 2.70. The van der Waals surface area contributed by atoms with Crippen LogP contribution in [0.15, 0.2) is 35.1 Å². The third-order valence-corrected chi connectivity index (χ3v) is 3.39. The zero-order valence-corrected chi connectivity index (χ0v) is 9.27. The smallest absolute Gasteiger partial charge is 0.125 e. The minimum absolute atomic E-state index is 0.0957. The van der Waals surface area contributed by atoms with Crippen molar-refractivity contribution in [2.24, 2.45) is 5.29 Å². The summed E-state index contributed by atoms with van der Waals surface area (Å²) in [5.41, 5.74) is 3.26. The molecule has 1 aromatic carbocycles. The van der Waals surface area contributed by atoms with Gasteiger partial charge in [0.1, 0.15) is 13.1 Å². The molecule has 1 aromatic rings. The van der Waals surface area contributed by atoms with Crippen LogP contribution < -0.4 is 4.59 Å². The molecule has 3 nitrogen and oxygen atoms in total. The van der Waals surface area contributed by atoms with Crippen molar-refractivity contribution in [1.29, 1.82) is 0 Å². The summed E-state index contributed by atoms with van der Waals surface area (Å²) in [6.45, 7) is 4.07. The number of quaternary nitrogens is 1. The Hall–Kier alpha value is -1.48. The largest absolute Gasteiger partial charge is 0.169 e. The lowest BCUT2D eigenvalue weighted by molar-refractivity contribution is 0.291. The molecule has 0 saturated carbocycles. The average Bonchev–Trinajstić information content (AvgIpc) is 2.26. The van der Waals surface area contributed by atoms with Gasteiger partial charge in [-0.1, -0.05) is 17.0 Å². The van der Waals surface area contributed by atoms with Gasteiger partial charge in [-0.05, 0) is 31.6 Å². The maximum atomic E-state index is 11.1. The van der Waals surface area contributed by atoms with E-state index in [1.807, 2.05) is 45.2 Å². The molecule has 1 aliphatic heterocycles. The highest BCUT2D eigenvalue weighted by Crippen LogP contribution is 2.37. The molecule has 0 amide bonds. The molecule has 2 rings (SSSR count). The third-order valence-electron chi connectivity index (χ3n) is 3.39. The maximum Gasteiger partial charge on any atom is 0.169 e. The van der Waals surface area contributed by atoms with E-state index < -0.39 is 0 Å². The van der Waals surface area contributed by atoms with E-state index in [4.69, 9.17) is 0 Å². The lowest BCUT2D eigenvalue weighted by Crippen LogP contribution is -2.49. The highest BCUT2D eigenvalue weighted by atomic mass is 16.3. The molecule has 1 aliphatic rings. The summed E-state index contributed by atoms with van der Waals surface area (Å²) in [7, 11) is 1.85. The van der Waals surface area contributed by atoms with Gasteiger partial charge in [0, 0.05) is 11.6 Å². The van der Waals surface area contributed by atoms with Gasteiger partial charge in [0.2, 0.25) is 0 Å². The normalized spacial score (nSPS) is 29.3. The predicted octanol–water partition coefficient (Wildman–Crippen LogP) is 3.11. The van der Waals surface area contributed by atoms with Gasteiger partial charge in [-0.25, -0.2) is 0 Å². The van der Waals surface area contributed by atoms with Gasteiger partial charge >= 0.3 is 0 Å². The summed E-state index contributed by atoms with van der Waals surface area (Å²) in [5, 5.41) is 3.30. The predicted molar refractivity (Wildman–Crippen MR) is 63.1 cm³/mol. The summed E-state index contributed by atoms with van der Waals surface area (Å²) in [5.74, 6) is 0. The first-order valence-corrected chi connectivity index (χ1v) is 5.08. The van der Waals surface area contributed by atoms with E-state index in [1.54, 1.807) is 0 Å². The van der Waals surface area contributed by atoms with Crippen LogP contribution in [0.5, 0.6) is 0 Å². The zero-order valence-electron chi connectivity index (χ0n) is 9.27. The van der Waals surface area contributed by atoms with E-state index in [-0.39, 0.29) is 10.6 Å². The molecule has 2 atom stereocenters. The van der Waals surface area contributed by atoms with Crippen molar-refractivity contribution in [3.8, 4) is 0 Å². The molecule has 0 aromatic heterocycles. The van der Waals surface area contributed by atoms with E-state index in [2.05, 4.69) is 11.4 Å². The number of nitroso groups, excluding NO2 is 1. The van der Waals surface area contributed by atoms with Gasteiger partial charge in [0.15, 0.2) is 11.0 Å². The zero-order chi connectivity index (χ0) is 11.1. The first-order chi connectivity index (χ1) is 7.09. The van der Waals surface area contributed by atoms with E-state index in [1.165, 1.54) is 5.57 Å². The third kappa shape index (κ3) is 1.31. The molecule has 78 valence electrons. The van der Waals surface area contributed by atoms with Crippen LogP contribution in [0.25, 0.3) is 6.08 Å². The SMILES string of the molecule is CC1=Cc2ccccc2[N+](C)(N=O)C1C. The van der Waals surface area contributed by atoms with Crippen molar-refractivity contribution in [1.82, 2.24) is 4.59 Å². The Morgan fingerprint density at radius 2 is 2.00 bits per heavy atom. The summed E-state index contributed by atoms with van der Waals surface area (Å²) in [6.07, 6.45) is 2.13. The molecule has 0 fully saturated rings. The van der Waals surface area contributed by atoms with Crippen LogP contribution in [0.3, 0.4) is 0 Å². The minimum Gasteiger partial charge on any atom is -0.125 e. The van der Waals surface area contributed by atoms with Crippen LogP contribution in [0.1, 0.15) is 19.4 Å². The summed E-state index contributed by atoms with van der Waals surface area (Å²) in [6, 6.07) is 8.02. The second-order valence-corrected chi connectivity index (χ2v) is 4.23. The van der Waals surface area contributed by atoms with Crippen LogP contribution in [0, 0.1) is 4.91 Å². The van der Waals surface area contributed by atoms with Gasteiger partial charge < -0.3 is 0 Å². The number of benzene rings is 1. The fourth-order valence-corrected chi connectivity index (χ4v) is 2.11. The van der Waals surface area contributed by atoms with Crippen molar-refractivity contribution in [3.63, 3.8) is 0 Å². The average molecular weight is 203 g/mol. The number of para-hydroxylation sites is 1. The lowest BCUT2D eigenvalue weighted by atomic mass is 9.97. The number of nitrogens with zero attached hydrogens (tertiary/aromatic N) is 2. The molecule has 3 heteroatoms. The number of hydrogen-bond acceptors (Lipinski definition) is 2. The van der Waals surface area contributed by atoms with Crippen molar-refractivity contribution >= 4 is 11.8 Å². The van der Waals surface area contributed by atoms with Gasteiger partial charge in [-0.15, -0.1) is 4.59 Å². The molecular formula is C12H15N2O+. The summed E-state index contributed by atoms with van der Waals surface area (Å²) < 4.78 is 0.0957. The topological polar surface area (TPSA) is 29.4 Å². The van der Waals surface area contributed by atoms with Crippen LogP contribution in [-0.2, 0) is 0 Å². The Kier molecular flexibility index (Phi) is 2.20. The highest BCUT2D eigenvalue weighted by Gasteiger charge is 2.40. The first kappa shape index (κ1) is 10.1. The van der Waals surface area contributed by atoms with E-state index in [0.29, 0.717) is 0 Å². The van der Waals surface area contributed by atoms with E-state index >= 15 is 0 Å². The summed E-state index contributed by atoms with van der Waals surface area (Å²) in [4.78, 5) is 11.1. The summed E-state index contributed by atoms with van der Waals surface area (Å²) >= 11 is 0. The van der Waals surface area contributed by atoms with Gasteiger partial charge in [0.25, 0.3) is 0 Å². The Labute approximate surface area is 89.6 Å². The molecule has 2 unspecified atom stereocenters. The van der Waals surface area contributed by atoms with Crippen molar-refractivity contribution in [2.75, 3.05) is 7.05 Å². The van der Waals surface area contributed by atoms with E-state index in [9.17, 15) is 4.91 Å². The number of hydrogen-bond donors (Lipinski definition) is 0. The van der Waals surface area contributed by atoms with Gasteiger partial charge in [-0.3, -0.25) is 0 Å². The Morgan fingerprint density at radius 1 is 1.33 bits per heavy atom. The van der Waals surface area contributed by atoms with Crippen LogP contribution in [0.4, 0.5) is 5.69 Å². The molecule has 0 N–H and O–H groups in total. The van der Waals surface area contributed by atoms with Crippen molar-refractivity contribution < 1.29 is 0 Å². The Bertz CT molecular complexity index is 439. The maximum absolute atomic E-state index is 11.1. The van der Waals surface area contributed by atoms with Gasteiger partial charge in [-0.2, -0.15) is 0 Å². The molecular weight excluding hydrogens is 188 g/mol. The standard InChI is InChI=1S/C12H15N2O/c1-9-8-11-6-4-5-7-12(11)14(3,13-15)10(9)2/h4-8,10H,1-3H3/q+1. The second kappa shape index (κ2) is 3.28. The number of fused-ring (bicyclic) bond motifs is 1. The number of likely N-dealkylation sites (N-methyl/N-ethyl adjacent to an activating group) is 1. The minimum atomic E-state index is 0.0957.